The molecule has 0 bridgehead atoms. The van der Waals surface area contributed by atoms with Crippen LogP contribution in [0.2, 0.25) is 0 Å². The van der Waals surface area contributed by atoms with Gasteiger partial charge in [0, 0.05) is 12.6 Å². The number of benzene rings is 2. The average Bonchev–Trinajstić information content (AvgIpc) is 2.61. The molecular formula is C20H19FN4O. The molecule has 0 aliphatic rings. The number of halogens is 1. The third-order valence-corrected chi connectivity index (χ3v) is 3.75. The van der Waals surface area contributed by atoms with E-state index in [-0.39, 0.29) is 11.4 Å². The highest BCUT2D eigenvalue weighted by atomic mass is 19.1. The van der Waals surface area contributed by atoms with Crippen molar-refractivity contribution in [1.29, 1.82) is 0 Å². The van der Waals surface area contributed by atoms with Crippen LogP contribution in [-0.4, -0.2) is 15.9 Å². The minimum absolute atomic E-state index is 0.114. The molecule has 3 aromatic rings. The van der Waals surface area contributed by atoms with Crippen LogP contribution in [0.5, 0.6) is 0 Å². The molecule has 0 spiro atoms. The van der Waals surface area contributed by atoms with Crippen molar-refractivity contribution in [3.8, 4) is 0 Å². The van der Waals surface area contributed by atoms with Crippen LogP contribution in [0.3, 0.4) is 0 Å². The van der Waals surface area contributed by atoms with Crippen LogP contribution in [-0.2, 0) is 6.54 Å². The highest BCUT2D eigenvalue weighted by molar-refractivity contribution is 6.03. The zero-order chi connectivity index (χ0) is 18.5. The van der Waals surface area contributed by atoms with E-state index in [0.29, 0.717) is 18.2 Å². The molecule has 0 saturated heterocycles. The first-order valence-electron chi connectivity index (χ1n) is 8.22. The Hall–Kier alpha value is -3.28. The van der Waals surface area contributed by atoms with Crippen molar-refractivity contribution in [1.82, 2.24) is 9.97 Å². The number of rotatable bonds is 5. The summed E-state index contributed by atoms with van der Waals surface area (Å²) < 4.78 is 13.7. The van der Waals surface area contributed by atoms with Gasteiger partial charge in [0.1, 0.15) is 23.2 Å². The summed E-state index contributed by atoms with van der Waals surface area (Å²) in [6.45, 7) is 4.31. The summed E-state index contributed by atoms with van der Waals surface area (Å²) >= 11 is 0. The topological polar surface area (TPSA) is 66.9 Å². The van der Waals surface area contributed by atoms with Crippen molar-refractivity contribution in [2.45, 2.75) is 20.4 Å². The van der Waals surface area contributed by atoms with Crippen LogP contribution in [0.25, 0.3) is 0 Å². The van der Waals surface area contributed by atoms with Crippen molar-refractivity contribution < 1.29 is 9.18 Å². The van der Waals surface area contributed by atoms with Gasteiger partial charge in [0.2, 0.25) is 0 Å². The molecule has 0 aliphatic heterocycles. The molecule has 0 unspecified atom stereocenters. The molecule has 0 atom stereocenters. The van der Waals surface area contributed by atoms with Gasteiger partial charge in [0.05, 0.1) is 5.69 Å². The van der Waals surface area contributed by atoms with E-state index in [1.165, 1.54) is 17.7 Å². The van der Waals surface area contributed by atoms with Gasteiger partial charge in [-0.15, -0.1) is 0 Å². The van der Waals surface area contributed by atoms with E-state index in [4.69, 9.17) is 0 Å². The number of nitrogens with zero attached hydrogens (tertiary/aromatic N) is 2. The van der Waals surface area contributed by atoms with Gasteiger partial charge in [0.15, 0.2) is 0 Å². The molecule has 1 aromatic heterocycles. The third kappa shape index (κ3) is 4.42. The Bertz CT molecular complexity index is 943. The summed E-state index contributed by atoms with van der Waals surface area (Å²) in [5.41, 5.74) is 2.57. The fourth-order valence-corrected chi connectivity index (χ4v) is 2.54. The number of carbonyl (C=O) groups excluding carboxylic acids is 1. The van der Waals surface area contributed by atoms with E-state index < -0.39 is 11.7 Å². The van der Waals surface area contributed by atoms with E-state index in [0.717, 1.165) is 5.56 Å². The lowest BCUT2D eigenvalue weighted by atomic mass is 10.1. The van der Waals surface area contributed by atoms with Crippen molar-refractivity contribution in [2.24, 2.45) is 0 Å². The fraction of sp³-hybridized carbons (Fsp3) is 0.150. The number of nitrogens with one attached hydrogen (secondary N) is 2. The van der Waals surface area contributed by atoms with Crippen LogP contribution in [0.4, 0.5) is 15.9 Å². The molecule has 6 heteroatoms. The first-order chi connectivity index (χ1) is 12.5. The molecule has 0 fully saturated rings. The number of para-hydroxylation sites is 1. The quantitative estimate of drug-likeness (QED) is 0.727. The summed E-state index contributed by atoms with van der Waals surface area (Å²) in [7, 11) is 0. The molecule has 26 heavy (non-hydrogen) atoms. The lowest BCUT2D eigenvalue weighted by Gasteiger charge is -2.10. The lowest BCUT2D eigenvalue weighted by Crippen LogP contribution is -2.16. The number of amides is 1. The molecule has 0 saturated carbocycles. The van der Waals surface area contributed by atoms with Crippen LogP contribution in [0.15, 0.2) is 54.6 Å². The van der Waals surface area contributed by atoms with Crippen molar-refractivity contribution in [3.05, 3.63) is 83.1 Å². The summed E-state index contributed by atoms with van der Waals surface area (Å²) in [6.07, 6.45) is 0. The first-order valence-corrected chi connectivity index (χ1v) is 8.22. The van der Waals surface area contributed by atoms with Gasteiger partial charge in [-0.2, -0.15) is 0 Å². The normalized spacial score (nSPS) is 10.4. The van der Waals surface area contributed by atoms with E-state index in [1.807, 2.05) is 25.1 Å². The summed E-state index contributed by atoms with van der Waals surface area (Å²) in [6, 6.07) is 15.7. The van der Waals surface area contributed by atoms with E-state index in [9.17, 15) is 9.18 Å². The molecule has 3 rings (SSSR count). The summed E-state index contributed by atoms with van der Waals surface area (Å²) in [5.74, 6) is 0.0132. The highest BCUT2D eigenvalue weighted by Gasteiger charge is 2.12. The van der Waals surface area contributed by atoms with Crippen LogP contribution in [0, 0.1) is 19.7 Å². The number of hydrogen-bond donors (Lipinski definition) is 2. The second-order valence-electron chi connectivity index (χ2n) is 5.96. The van der Waals surface area contributed by atoms with E-state index in [2.05, 4.69) is 26.7 Å². The number of anilines is 2. The second-order valence-corrected chi connectivity index (χ2v) is 5.96. The van der Waals surface area contributed by atoms with Gasteiger partial charge in [-0.1, -0.05) is 42.0 Å². The van der Waals surface area contributed by atoms with Crippen LogP contribution in [0.1, 0.15) is 27.4 Å². The van der Waals surface area contributed by atoms with Crippen LogP contribution < -0.4 is 10.6 Å². The Morgan fingerprint density at radius 1 is 1.04 bits per heavy atom. The lowest BCUT2D eigenvalue weighted by molar-refractivity contribution is 0.102. The van der Waals surface area contributed by atoms with Gasteiger partial charge < -0.3 is 10.6 Å². The molecular weight excluding hydrogens is 331 g/mol. The smallest absolute Gasteiger partial charge is 0.274 e. The maximum Gasteiger partial charge on any atom is 0.274 e. The predicted octanol–water partition coefficient (Wildman–Crippen LogP) is 4.10. The Morgan fingerprint density at radius 2 is 1.85 bits per heavy atom. The predicted molar refractivity (Wildman–Crippen MR) is 99.6 cm³/mol. The van der Waals surface area contributed by atoms with E-state index >= 15 is 0 Å². The SMILES string of the molecule is Cc1cccc(CNc2cc(C(=O)Nc3ccccc3F)nc(C)n2)c1. The number of aromatic nitrogens is 2. The monoisotopic (exact) mass is 350 g/mol. The zero-order valence-corrected chi connectivity index (χ0v) is 14.6. The molecule has 2 aromatic carbocycles. The standard InChI is InChI=1S/C20H19FN4O/c1-13-6-5-7-15(10-13)12-22-19-11-18(23-14(2)24-19)20(26)25-17-9-4-3-8-16(17)21/h3-11H,12H2,1-2H3,(H,25,26)(H,22,23,24). The Morgan fingerprint density at radius 3 is 2.62 bits per heavy atom. The molecule has 1 heterocycles. The molecule has 1 amide bonds. The molecule has 0 radical (unpaired) electrons. The Kier molecular flexibility index (Phi) is 5.22. The summed E-state index contributed by atoms with van der Waals surface area (Å²) in [5, 5.41) is 5.72. The molecule has 5 nitrogen and oxygen atoms in total. The second kappa shape index (κ2) is 7.74. The van der Waals surface area contributed by atoms with Gasteiger partial charge in [-0.25, -0.2) is 14.4 Å². The van der Waals surface area contributed by atoms with Gasteiger partial charge >= 0.3 is 0 Å². The van der Waals surface area contributed by atoms with Gasteiger partial charge in [-0.3, -0.25) is 4.79 Å². The van der Waals surface area contributed by atoms with Crippen molar-refractivity contribution in [3.63, 3.8) is 0 Å². The fourth-order valence-electron chi connectivity index (χ4n) is 2.54. The zero-order valence-electron chi connectivity index (χ0n) is 14.6. The first kappa shape index (κ1) is 17.5. The van der Waals surface area contributed by atoms with Gasteiger partial charge in [-0.05, 0) is 31.5 Å². The molecule has 132 valence electrons. The van der Waals surface area contributed by atoms with Crippen LogP contribution >= 0.6 is 0 Å². The Balaban J connectivity index is 1.74. The van der Waals surface area contributed by atoms with Crippen molar-refractivity contribution in [2.75, 3.05) is 10.6 Å². The van der Waals surface area contributed by atoms with Gasteiger partial charge in [0.25, 0.3) is 5.91 Å². The number of carbonyl (C=O) groups is 1. The molecule has 2 N–H and O–H groups in total. The maximum absolute atomic E-state index is 13.7. The largest absolute Gasteiger partial charge is 0.366 e. The Labute approximate surface area is 151 Å². The third-order valence-electron chi connectivity index (χ3n) is 3.75. The minimum Gasteiger partial charge on any atom is -0.366 e. The van der Waals surface area contributed by atoms with Crippen molar-refractivity contribution >= 4 is 17.4 Å². The average molecular weight is 350 g/mol. The molecule has 0 aliphatic carbocycles. The number of hydrogen-bond acceptors (Lipinski definition) is 4. The van der Waals surface area contributed by atoms with E-state index in [1.54, 1.807) is 25.1 Å². The maximum atomic E-state index is 13.7. The minimum atomic E-state index is -0.496. The summed E-state index contributed by atoms with van der Waals surface area (Å²) in [4.78, 5) is 20.8. The number of aryl methyl sites for hydroxylation is 2. The highest BCUT2D eigenvalue weighted by Crippen LogP contribution is 2.15.